The van der Waals surface area contributed by atoms with Crippen molar-refractivity contribution in [2.24, 2.45) is 0 Å². The van der Waals surface area contributed by atoms with E-state index in [1.807, 2.05) is 0 Å². The van der Waals surface area contributed by atoms with Crippen molar-refractivity contribution in [1.29, 1.82) is 0 Å². The van der Waals surface area contributed by atoms with Crippen molar-refractivity contribution < 1.29 is 23.8 Å². The average molecular weight is 367 g/mol. The van der Waals surface area contributed by atoms with Crippen LogP contribution < -0.4 is 9.47 Å². The SMILES string of the molecule is COc1cc(/C=C/C(=O)OCC(=O)c2ccc(Cl)s2)cc(OC)c1. The molecule has 2 rings (SSSR count). The van der Waals surface area contributed by atoms with E-state index < -0.39 is 5.97 Å². The van der Waals surface area contributed by atoms with Crippen molar-refractivity contribution in [3.05, 3.63) is 51.2 Å². The van der Waals surface area contributed by atoms with E-state index in [0.29, 0.717) is 26.3 Å². The Bertz CT molecular complexity index is 744. The number of hydrogen-bond acceptors (Lipinski definition) is 6. The minimum Gasteiger partial charge on any atom is -0.497 e. The molecule has 0 fully saturated rings. The van der Waals surface area contributed by atoms with Gasteiger partial charge in [0.25, 0.3) is 0 Å². The normalized spacial score (nSPS) is 10.6. The van der Waals surface area contributed by atoms with Gasteiger partial charge in [-0.05, 0) is 35.9 Å². The molecule has 0 atom stereocenters. The van der Waals surface area contributed by atoms with E-state index in [4.69, 9.17) is 25.8 Å². The van der Waals surface area contributed by atoms with Crippen molar-refractivity contribution in [3.8, 4) is 11.5 Å². The number of ether oxygens (including phenoxy) is 3. The lowest BCUT2D eigenvalue weighted by Crippen LogP contribution is -2.11. The molecule has 24 heavy (non-hydrogen) atoms. The summed E-state index contributed by atoms with van der Waals surface area (Å²) in [4.78, 5) is 24.0. The fraction of sp³-hybridized carbons (Fsp3) is 0.176. The van der Waals surface area contributed by atoms with Crippen LogP contribution >= 0.6 is 22.9 Å². The maximum Gasteiger partial charge on any atom is 0.331 e. The summed E-state index contributed by atoms with van der Waals surface area (Å²) >= 11 is 6.91. The van der Waals surface area contributed by atoms with Gasteiger partial charge in [-0.15, -0.1) is 11.3 Å². The molecule has 0 saturated carbocycles. The van der Waals surface area contributed by atoms with E-state index in [0.717, 1.165) is 11.3 Å². The molecule has 1 aromatic carbocycles. The standard InChI is InChI=1S/C17H15ClO5S/c1-21-12-7-11(8-13(9-12)22-2)3-6-17(20)23-10-14(19)15-4-5-16(18)24-15/h3-9H,10H2,1-2H3/b6-3+. The Kier molecular flexibility index (Phi) is 6.40. The molecule has 7 heteroatoms. The predicted octanol–water partition coefficient (Wildman–Crippen LogP) is 3.86. The number of carbonyl (C=O) groups is 2. The summed E-state index contributed by atoms with van der Waals surface area (Å²) < 4.78 is 15.7. The number of carbonyl (C=O) groups excluding carboxylic acids is 2. The third kappa shape index (κ3) is 5.11. The van der Waals surface area contributed by atoms with Gasteiger partial charge in [-0.25, -0.2) is 4.79 Å². The number of esters is 1. The molecular formula is C17H15ClO5S. The second-order valence-electron chi connectivity index (χ2n) is 4.61. The molecule has 5 nitrogen and oxygen atoms in total. The summed E-state index contributed by atoms with van der Waals surface area (Å²) in [7, 11) is 3.08. The summed E-state index contributed by atoms with van der Waals surface area (Å²) in [6, 6.07) is 8.43. The Morgan fingerprint density at radius 3 is 2.33 bits per heavy atom. The van der Waals surface area contributed by atoms with Crippen LogP contribution in [0.15, 0.2) is 36.4 Å². The van der Waals surface area contributed by atoms with Gasteiger partial charge < -0.3 is 14.2 Å². The molecule has 0 radical (unpaired) electrons. The highest BCUT2D eigenvalue weighted by molar-refractivity contribution is 7.18. The summed E-state index contributed by atoms with van der Waals surface area (Å²) in [5, 5.41) is 0. The largest absolute Gasteiger partial charge is 0.497 e. The third-order valence-electron chi connectivity index (χ3n) is 2.98. The second kappa shape index (κ2) is 8.52. The topological polar surface area (TPSA) is 61.8 Å². The van der Waals surface area contributed by atoms with Crippen LogP contribution in [0.3, 0.4) is 0 Å². The van der Waals surface area contributed by atoms with Gasteiger partial charge in [0.15, 0.2) is 6.61 Å². The van der Waals surface area contributed by atoms with Gasteiger partial charge in [0, 0.05) is 12.1 Å². The number of Topliss-reactive ketones (excluding diaryl/α,β-unsaturated/α-hetero) is 1. The van der Waals surface area contributed by atoms with Crippen molar-refractivity contribution in [1.82, 2.24) is 0 Å². The van der Waals surface area contributed by atoms with Crippen LogP contribution in [-0.4, -0.2) is 32.6 Å². The number of thiophene rings is 1. The Morgan fingerprint density at radius 2 is 1.79 bits per heavy atom. The molecule has 0 unspecified atom stereocenters. The molecule has 0 saturated heterocycles. The van der Waals surface area contributed by atoms with Gasteiger partial charge in [0.2, 0.25) is 5.78 Å². The van der Waals surface area contributed by atoms with Crippen molar-refractivity contribution >= 4 is 40.8 Å². The van der Waals surface area contributed by atoms with E-state index in [1.54, 1.807) is 50.6 Å². The van der Waals surface area contributed by atoms with Gasteiger partial charge >= 0.3 is 5.97 Å². The minimum atomic E-state index is -0.618. The summed E-state index contributed by atoms with van der Waals surface area (Å²) in [6.07, 6.45) is 2.79. The van der Waals surface area contributed by atoms with Crippen molar-refractivity contribution in [2.75, 3.05) is 20.8 Å². The first-order chi connectivity index (χ1) is 11.5. The molecule has 0 aliphatic carbocycles. The molecule has 0 spiro atoms. The lowest BCUT2D eigenvalue weighted by molar-refractivity contribution is -0.136. The zero-order valence-electron chi connectivity index (χ0n) is 13.1. The quantitative estimate of drug-likeness (QED) is 0.423. The lowest BCUT2D eigenvalue weighted by atomic mass is 10.2. The molecule has 126 valence electrons. The molecule has 0 bridgehead atoms. The lowest BCUT2D eigenvalue weighted by Gasteiger charge is -2.05. The molecule has 2 aromatic rings. The van der Waals surface area contributed by atoms with Gasteiger partial charge in [0.1, 0.15) is 11.5 Å². The van der Waals surface area contributed by atoms with E-state index in [-0.39, 0.29) is 12.4 Å². The van der Waals surface area contributed by atoms with Crippen LogP contribution in [0.1, 0.15) is 15.2 Å². The first-order valence-corrected chi connectivity index (χ1v) is 8.07. The summed E-state index contributed by atoms with van der Waals surface area (Å²) in [5.41, 5.74) is 0.708. The van der Waals surface area contributed by atoms with Crippen molar-refractivity contribution in [2.45, 2.75) is 0 Å². The number of rotatable bonds is 7. The van der Waals surface area contributed by atoms with E-state index in [9.17, 15) is 9.59 Å². The Hall–Kier alpha value is -2.31. The van der Waals surface area contributed by atoms with Crippen LogP contribution in [0.25, 0.3) is 6.08 Å². The number of hydrogen-bond donors (Lipinski definition) is 0. The molecular weight excluding hydrogens is 352 g/mol. The zero-order valence-corrected chi connectivity index (χ0v) is 14.6. The van der Waals surface area contributed by atoms with Gasteiger partial charge in [-0.2, -0.15) is 0 Å². The Labute approximate surface area is 148 Å². The highest BCUT2D eigenvalue weighted by atomic mass is 35.5. The van der Waals surface area contributed by atoms with E-state index >= 15 is 0 Å². The second-order valence-corrected chi connectivity index (χ2v) is 6.33. The monoisotopic (exact) mass is 366 g/mol. The first-order valence-electron chi connectivity index (χ1n) is 6.88. The van der Waals surface area contributed by atoms with Crippen LogP contribution in [0.4, 0.5) is 0 Å². The highest BCUT2D eigenvalue weighted by Crippen LogP contribution is 2.23. The summed E-state index contributed by atoms with van der Waals surface area (Å²) in [6.45, 7) is -0.332. The fourth-order valence-electron chi connectivity index (χ4n) is 1.81. The molecule has 0 aliphatic rings. The van der Waals surface area contributed by atoms with Gasteiger partial charge in [-0.3, -0.25) is 4.79 Å². The molecule has 0 N–H and O–H groups in total. The number of methoxy groups -OCH3 is 2. The molecule has 0 amide bonds. The maximum absolute atomic E-state index is 11.8. The number of benzene rings is 1. The van der Waals surface area contributed by atoms with Gasteiger partial charge in [0.05, 0.1) is 23.4 Å². The number of ketones is 1. The van der Waals surface area contributed by atoms with Crippen LogP contribution in [0.5, 0.6) is 11.5 Å². The van der Waals surface area contributed by atoms with Crippen molar-refractivity contribution in [3.63, 3.8) is 0 Å². The first kappa shape index (κ1) is 18.0. The third-order valence-corrected chi connectivity index (χ3v) is 4.25. The Morgan fingerprint density at radius 1 is 1.12 bits per heavy atom. The average Bonchev–Trinajstić information content (AvgIpc) is 3.03. The smallest absolute Gasteiger partial charge is 0.331 e. The number of halogens is 1. The maximum atomic E-state index is 11.8. The van der Waals surface area contributed by atoms with Gasteiger partial charge in [-0.1, -0.05) is 11.6 Å². The Balaban J connectivity index is 1.94. The fourth-order valence-corrected chi connectivity index (χ4v) is 2.78. The van der Waals surface area contributed by atoms with E-state index in [1.165, 1.54) is 6.08 Å². The predicted molar refractivity (Wildman–Crippen MR) is 93.2 cm³/mol. The molecule has 0 aliphatic heterocycles. The molecule has 1 aromatic heterocycles. The highest BCUT2D eigenvalue weighted by Gasteiger charge is 2.11. The van der Waals surface area contributed by atoms with Crippen LogP contribution in [0.2, 0.25) is 4.34 Å². The van der Waals surface area contributed by atoms with Crippen LogP contribution in [0, 0.1) is 0 Å². The van der Waals surface area contributed by atoms with Crippen LogP contribution in [-0.2, 0) is 9.53 Å². The minimum absolute atomic E-state index is 0.295. The zero-order chi connectivity index (χ0) is 17.5. The summed E-state index contributed by atoms with van der Waals surface area (Å²) in [5.74, 6) is 0.295. The van der Waals surface area contributed by atoms with E-state index in [2.05, 4.69) is 0 Å². The molecule has 1 heterocycles.